The molecule has 0 saturated heterocycles. The lowest BCUT2D eigenvalue weighted by atomic mass is 10.2. The van der Waals surface area contributed by atoms with Crippen molar-refractivity contribution in [3.63, 3.8) is 0 Å². The summed E-state index contributed by atoms with van der Waals surface area (Å²) in [4.78, 5) is -0.201. The van der Waals surface area contributed by atoms with E-state index in [2.05, 4.69) is 4.18 Å². The minimum absolute atomic E-state index is 0.201. The first kappa shape index (κ1) is 5.78. The molecule has 0 aliphatic rings. The van der Waals surface area contributed by atoms with E-state index in [1.807, 2.05) is 0 Å². The van der Waals surface area contributed by atoms with Crippen molar-refractivity contribution in [2.45, 2.75) is 18.7 Å². The van der Waals surface area contributed by atoms with Crippen LogP contribution in [0.25, 0.3) is 0 Å². The summed E-state index contributed by atoms with van der Waals surface area (Å²) in [6.07, 6.45) is 0. The Morgan fingerprint density at radius 2 is 2.08 bits per heavy atom. The van der Waals surface area contributed by atoms with Crippen LogP contribution in [0.1, 0.15) is 17.9 Å². The van der Waals surface area contributed by atoms with Crippen molar-refractivity contribution in [1.82, 2.24) is 0 Å². The van der Waals surface area contributed by atoms with E-state index in [1.165, 1.54) is 12.1 Å². The third-order valence-corrected chi connectivity index (χ3v) is 2.63. The van der Waals surface area contributed by atoms with Gasteiger partial charge in [0.2, 0.25) is 0 Å². The van der Waals surface area contributed by atoms with E-state index in [-0.39, 0.29) is 4.90 Å². The molecule has 1 aromatic rings. The first-order chi connectivity index (χ1) is 7.65. The Morgan fingerprint density at radius 3 is 2.62 bits per heavy atom. The van der Waals surface area contributed by atoms with Gasteiger partial charge in [-0.2, -0.15) is 8.42 Å². The van der Waals surface area contributed by atoms with E-state index in [9.17, 15) is 8.42 Å². The van der Waals surface area contributed by atoms with Gasteiger partial charge in [-0.15, -0.1) is 0 Å². The Hall–Kier alpha value is -0.870. The second-order valence-corrected chi connectivity index (χ2v) is 4.01. The first-order valence-corrected chi connectivity index (χ1v) is 4.93. The van der Waals surface area contributed by atoms with Gasteiger partial charge < -0.3 is 0 Å². The zero-order valence-corrected chi connectivity index (χ0v) is 7.84. The smallest absolute Gasteiger partial charge is 0.267 e. The monoisotopic (exact) mass is 204 g/mol. The van der Waals surface area contributed by atoms with Crippen LogP contribution in [0.5, 0.6) is 0 Å². The Morgan fingerprint density at radius 1 is 1.46 bits per heavy atom. The average molecular weight is 204 g/mol. The SMILES string of the molecule is [2H]C([2H])C([2H])([2H])OS(=O)(=O)c1ccc(C)cc1. The van der Waals surface area contributed by atoms with Crippen LogP contribution in [-0.4, -0.2) is 15.0 Å². The topological polar surface area (TPSA) is 43.4 Å². The second kappa shape index (κ2) is 3.89. The quantitative estimate of drug-likeness (QED) is 0.704. The van der Waals surface area contributed by atoms with Crippen LogP contribution in [0.3, 0.4) is 0 Å². The lowest BCUT2D eigenvalue weighted by Gasteiger charge is -2.02. The highest BCUT2D eigenvalue weighted by molar-refractivity contribution is 7.86. The molecule has 0 spiro atoms. The zero-order valence-electron chi connectivity index (χ0n) is 11.0. The van der Waals surface area contributed by atoms with Crippen LogP contribution < -0.4 is 0 Å². The third kappa shape index (κ3) is 2.54. The highest BCUT2D eigenvalue weighted by Crippen LogP contribution is 2.12. The maximum atomic E-state index is 11.6. The Balaban J connectivity index is 3.01. The van der Waals surface area contributed by atoms with Crippen LogP contribution in [0.4, 0.5) is 0 Å². The summed E-state index contributed by atoms with van der Waals surface area (Å²) in [5, 5.41) is 0. The maximum Gasteiger partial charge on any atom is 0.296 e. The van der Waals surface area contributed by atoms with Crippen LogP contribution >= 0.6 is 0 Å². The number of benzene rings is 1. The fourth-order valence-corrected chi connectivity index (χ4v) is 1.51. The predicted octanol–water partition coefficient (Wildman–Crippen LogP) is 1.72. The van der Waals surface area contributed by atoms with Gasteiger partial charge in [-0.05, 0) is 25.9 Å². The Labute approximate surface area is 84.1 Å². The standard InChI is InChI=1S/C9H12O3S/c1-3-12-13(10,11)9-6-4-8(2)5-7-9/h4-7H,3H2,1-2H3/i1D2,3D2. The van der Waals surface area contributed by atoms with E-state index in [0.717, 1.165) is 5.56 Å². The van der Waals surface area contributed by atoms with Gasteiger partial charge in [0, 0.05) is 2.74 Å². The van der Waals surface area contributed by atoms with E-state index >= 15 is 0 Å². The number of rotatable bonds is 3. The molecule has 3 nitrogen and oxygen atoms in total. The summed E-state index contributed by atoms with van der Waals surface area (Å²) < 4.78 is 55.5. The molecule has 0 aliphatic heterocycles. The summed E-state index contributed by atoms with van der Waals surface area (Å²) in [5.41, 5.74) is 0.853. The number of hydrogen-bond acceptors (Lipinski definition) is 3. The van der Waals surface area contributed by atoms with Crippen molar-refractivity contribution in [3.8, 4) is 0 Å². The summed E-state index contributed by atoms with van der Waals surface area (Å²) in [7, 11) is -4.29. The largest absolute Gasteiger partial charge is 0.296 e. The normalized spacial score (nSPS) is 17.4. The third-order valence-electron chi connectivity index (χ3n) is 1.47. The summed E-state index contributed by atoms with van der Waals surface area (Å²) in [5.74, 6) is 0. The molecule has 0 N–H and O–H groups in total. The lowest BCUT2D eigenvalue weighted by Crippen LogP contribution is -2.05. The van der Waals surface area contributed by atoms with Gasteiger partial charge in [-0.1, -0.05) is 17.7 Å². The molecule has 0 amide bonds. The number of hydrogen-bond donors (Lipinski definition) is 0. The molecule has 72 valence electrons. The van der Waals surface area contributed by atoms with E-state index in [1.54, 1.807) is 19.1 Å². The Kier molecular flexibility index (Phi) is 1.73. The molecule has 0 fully saturated rings. The molecule has 0 unspecified atom stereocenters. The molecule has 0 atom stereocenters. The summed E-state index contributed by atoms with van der Waals surface area (Å²) in [6, 6.07) is 5.66. The molecule has 0 aromatic heterocycles. The van der Waals surface area contributed by atoms with Gasteiger partial charge in [-0.3, -0.25) is 4.18 Å². The van der Waals surface area contributed by atoms with Gasteiger partial charge in [-0.25, -0.2) is 0 Å². The lowest BCUT2D eigenvalue weighted by molar-refractivity contribution is 0.338. The maximum absolute atomic E-state index is 11.6. The molecule has 13 heavy (non-hydrogen) atoms. The van der Waals surface area contributed by atoms with Crippen molar-refractivity contribution < 1.29 is 18.1 Å². The van der Waals surface area contributed by atoms with Crippen molar-refractivity contribution in [1.29, 1.82) is 0 Å². The van der Waals surface area contributed by atoms with Crippen LogP contribution in [0.15, 0.2) is 29.2 Å². The van der Waals surface area contributed by atoms with Crippen LogP contribution in [0.2, 0.25) is 0 Å². The van der Waals surface area contributed by atoms with Gasteiger partial charge in [0.15, 0.2) is 0 Å². The number of aryl methyl sites for hydroxylation is 1. The minimum atomic E-state index is -4.29. The van der Waals surface area contributed by atoms with Crippen LogP contribution in [0, 0.1) is 6.92 Å². The van der Waals surface area contributed by atoms with Crippen molar-refractivity contribution in [2.24, 2.45) is 0 Å². The van der Waals surface area contributed by atoms with Gasteiger partial charge in [0.05, 0.1) is 14.2 Å². The van der Waals surface area contributed by atoms with Crippen molar-refractivity contribution >= 4 is 10.1 Å². The fraction of sp³-hybridized carbons (Fsp3) is 0.333. The molecule has 4 heteroatoms. The first-order valence-electron chi connectivity index (χ1n) is 5.67. The fourth-order valence-electron chi connectivity index (χ4n) is 0.816. The Bertz CT molecular complexity index is 481. The molecule has 1 aromatic carbocycles. The highest BCUT2D eigenvalue weighted by atomic mass is 32.2. The van der Waals surface area contributed by atoms with Crippen molar-refractivity contribution in [2.75, 3.05) is 6.56 Å². The van der Waals surface area contributed by atoms with Gasteiger partial charge >= 0.3 is 0 Å². The summed E-state index contributed by atoms with van der Waals surface area (Å²) in [6.45, 7) is -3.15. The van der Waals surface area contributed by atoms with Crippen LogP contribution in [-0.2, 0) is 14.3 Å². The van der Waals surface area contributed by atoms with E-state index in [0.29, 0.717) is 0 Å². The molecule has 0 bridgehead atoms. The van der Waals surface area contributed by atoms with Gasteiger partial charge in [0.1, 0.15) is 0 Å². The second-order valence-electron chi connectivity index (χ2n) is 2.47. The zero-order chi connectivity index (χ0) is 13.3. The minimum Gasteiger partial charge on any atom is -0.267 e. The van der Waals surface area contributed by atoms with Crippen molar-refractivity contribution in [3.05, 3.63) is 29.8 Å². The van der Waals surface area contributed by atoms with E-state index in [4.69, 9.17) is 5.48 Å². The molecule has 0 saturated carbocycles. The molecule has 0 aliphatic carbocycles. The molecule has 0 heterocycles. The molecule has 1 rings (SSSR count). The predicted molar refractivity (Wildman–Crippen MR) is 50.0 cm³/mol. The molecule has 0 radical (unpaired) electrons. The highest BCUT2D eigenvalue weighted by Gasteiger charge is 2.12. The average Bonchev–Trinajstić information content (AvgIpc) is 2.16. The molecular weight excluding hydrogens is 188 g/mol. The van der Waals surface area contributed by atoms with Gasteiger partial charge in [0.25, 0.3) is 10.1 Å². The molecular formula is C9H12O3S. The van der Waals surface area contributed by atoms with E-state index < -0.39 is 23.6 Å². The summed E-state index contributed by atoms with van der Waals surface area (Å²) >= 11 is 0.